The van der Waals surface area contributed by atoms with Crippen molar-refractivity contribution in [2.75, 3.05) is 0 Å². The number of nitrogens with one attached hydrogen (secondary N) is 1. The molecule has 0 aliphatic carbocycles. The lowest BCUT2D eigenvalue weighted by atomic mass is 10.1. The largest absolute Gasteiger partial charge is 0.348 e. The normalized spacial score (nSPS) is 10.1. The van der Waals surface area contributed by atoms with Gasteiger partial charge < -0.3 is 5.32 Å². The molecule has 0 spiro atoms. The van der Waals surface area contributed by atoms with Gasteiger partial charge in [0.1, 0.15) is 11.6 Å². The van der Waals surface area contributed by atoms with Crippen LogP contribution in [0.4, 0.5) is 8.78 Å². The monoisotopic (exact) mass is 246 g/mol. The summed E-state index contributed by atoms with van der Waals surface area (Å²) in [6.45, 7) is 0.253. The smallest absolute Gasteiger partial charge is 0.254 e. The minimum absolute atomic E-state index is 0.253. The van der Waals surface area contributed by atoms with Crippen LogP contribution in [0.2, 0.25) is 0 Å². The molecule has 0 aromatic heterocycles. The molecule has 0 unspecified atom stereocenters. The number of halogens is 2. The molecule has 0 fully saturated rings. The van der Waals surface area contributed by atoms with E-state index in [2.05, 4.69) is 11.4 Å². The van der Waals surface area contributed by atoms with Crippen molar-refractivity contribution in [1.29, 1.82) is 0 Å². The Labute approximate surface area is 103 Å². The summed E-state index contributed by atoms with van der Waals surface area (Å²) in [5, 5.41) is 2.52. The van der Waals surface area contributed by atoms with Crippen LogP contribution >= 0.6 is 0 Å². The number of carbonyl (C=O) groups excluding carboxylic acids is 1. The number of hydrogen-bond donors (Lipinski definition) is 1. The number of benzene rings is 2. The lowest BCUT2D eigenvalue weighted by molar-refractivity contribution is 0.0946. The Kier molecular flexibility index (Phi) is 3.67. The average Bonchev–Trinajstić information content (AvgIpc) is 2.40. The highest BCUT2D eigenvalue weighted by Gasteiger charge is 2.12. The molecule has 2 nitrogen and oxygen atoms in total. The van der Waals surface area contributed by atoms with Gasteiger partial charge in [-0.3, -0.25) is 4.79 Å². The van der Waals surface area contributed by atoms with Gasteiger partial charge in [0.2, 0.25) is 0 Å². The molecular weight excluding hydrogens is 236 g/mol. The van der Waals surface area contributed by atoms with Crippen molar-refractivity contribution >= 4 is 5.91 Å². The van der Waals surface area contributed by atoms with E-state index >= 15 is 0 Å². The summed E-state index contributed by atoms with van der Waals surface area (Å²) < 4.78 is 26.2. The minimum Gasteiger partial charge on any atom is -0.348 e. The topological polar surface area (TPSA) is 29.1 Å². The summed E-state index contributed by atoms with van der Waals surface area (Å²) in [6, 6.07) is 12.6. The number of rotatable bonds is 3. The lowest BCUT2D eigenvalue weighted by Crippen LogP contribution is -2.23. The van der Waals surface area contributed by atoms with Crippen molar-refractivity contribution in [1.82, 2.24) is 5.32 Å². The fraction of sp³-hybridized carbons (Fsp3) is 0.0714. The van der Waals surface area contributed by atoms with Gasteiger partial charge >= 0.3 is 0 Å². The second kappa shape index (κ2) is 5.40. The number of hydrogen-bond acceptors (Lipinski definition) is 1. The van der Waals surface area contributed by atoms with Gasteiger partial charge in [0.05, 0.1) is 5.56 Å². The molecule has 0 aliphatic rings. The van der Waals surface area contributed by atoms with Crippen LogP contribution in [0.3, 0.4) is 0 Å². The van der Waals surface area contributed by atoms with Gasteiger partial charge in [0, 0.05) is 6.54 Å². The average molecular weight is 246 g/mol. The Bertz CT molecular complexity index is 555. The molecule has 18 heavy (non-hydrogen) atoms. The molecule has 2 aromatic carbocycles. The SMILES string of the molecule is O=C(NCc1cc[c]cc1)c1cc(F)ccc1F. The van der Waals surface area contributed by atoms with Crippen molar-refractivity contribution in [3.8, 4) is 0 Å². The summed E-state index contributed by atoms with van der Waals surface area (Å²) >= 11 is 0. The van der Waals surface area contributed by atoms with Gasteiger partial charge in [-0.25, -0.2) is 8.78 Å². The second-order valence-electron chi connectivity index (χ2n) is 3.72. The highest BCUT2D eigenvalue weighted by molar-refractivity contribution is 5.94. The third kappa shape index (κ3) is 2.91. The van der Waals surface area contributed by atoms with E-state index in [0.717, 1.165) is 23.8 Å². The second-order valence-corrected chi connectivity index (χ2v) is 3.72. The van der Waals surface area contributed by atoms with E-state index in [1.807, 2.05) is 0 Å². The zero-order chi connectivity index (χ0) is 13.0. The van der Waals surface area contributed by atoms with Gasteiger partial charge in [-0.05, 0) is 29.8 Å². The van der Waals surface area contributed by atoms with Gasteiger partial charge in [0.25, 0.3) is 5.91 Å². The van der Waals surface area contributed by atoms with Crippen LogP contribution in [0.25, 0.3) is 0 Å². The Hall–Kier alpha value is -2.23. The Morgan fingerprint density at radius 1 is 1.17 bits per heavy atom. The van der Waals surface area contributed by atoms with Gasteiger partial charge in [-0.1, -0.05) is 24.3 Å². The maximum absolute atomic E-state index is 13.3. The maximum Gasteiger partial charge on any atom is 0.254 e. The first-order valence-corrected chi connectivity index (χ1v) is 5.35. The van der Waals surface area contributed by atoms with Crippen LogP contribution in [0.1, 0.15) is 15.9 Å². The molecule has 0 saturated carbocycles. The highest BCUT2D eigenvalue weighted by atomic mass is 19.1. The maximum atomic E-state index is 13.3. The third-order valence-corrected chi connectivity index (χ3v) is 2.41. The van der Waals surface area contributed by atoms with Gasteiger partial charge in [-0.2, -0.15) is 0 Å². The fourth-order valence-electron chi connectivity index (χ4n) is 1.49. The standard InChI is InChI=1S/C14H10F2NO/c15-11-6-7-13(16)12(8-11)14(18)17-9-10-4-2-1-3-5-10/h2-8H,9H2,(H,17,18). The summed E-state index contributed by atoms with van der Waals surface area (Å²) in [4.78, 5) is 11.7. The van der Waals surface area contributed by atoms with Crippen LogP contribution in [0.15, 0.2) is 42.5 Å². The number of amides is 1. The van der Waals surface area contributed by atoms with Crippen LogP contribution < -0.4 is 5.32 Å². The molecule has 0 bridgehead atoms. The van der Waals surface area contributed by atoms with E-state index in [9.17, 15) is 13.6 Å². The first kappa shape index (κ1) is 12.2. The molecule has 1 radical (unpaired) electrons. The predicted octanol–water partition coefficient (Wildman–Crippen LogP) is 2.69. The van der Waals surface area contributed by atoms with Crippen LogP contribution in [-0.2, 0) is 6.54 Å². The zero-order valence-corrected chi connectivity index (χ0v) is 9.41. The first-order chi connectivity index (χ1) is 8.66. The van der Waals surface area contributed by atoms with Crippen molar-refractivity contribution < 1.29 is 13.6 Å². The Morgan fingerprint density at radius 2 is 1.89 bits per heavy atom. The highest BCUT2D eigenvalue weighted by Crippen LogP contribution is 2.09. The van der Waals surface area contributed by atoms with Crippen LogP contribution in [-0.4, -0.2) is 5.91 Å². The summed E-state index contributed by atoms with van der Waals surface area (Å²) in [5.41, 5.74) is 0.566. The van der Waals surface area contributed by atoms with Crippen LogP contribution in [0.5, 0.6) is 0 Å². The minimum atomic E-state index is -0.740. The molecule has 0 atom stereocenters. The van der Waals surface area contributed by atoms with Crippen molar-refractivity contribution in [2.45, 2.75) is 6.54 Å². The first-order valence-electron chi connectivity index (χ1n) is 5.35. The molecule has 0 aliphatic heterocycles. The van der Waals surface area contributed by atoms with Crippen LogP contribution in [0, 0.1) is 17.7 Å². The summed E-state index contributed by atoms with van der Waals surface area (Å²) in [7, 11) is 0. The van der Waals surface area contributed by atoms with E-state index in [1.54, 1.807) is 24.3 Å². The van der Waals surface area contributed by atoms with E-state index in [-0.39, 0.29) is 12.1 Å². The molecule has 91 valence electrons. The molecular formula is C14H10F2NO. The van der Waals surface area contributed by atoms with Gasteiger partial charge in [-0.15, -0.1) is 0 Å². The van der Waals surface area contributed by atoms with Crippen molar-refractivity contribution in [3.63, 3.8) is 0 Å². The summed E-state index contributed by atoms with van der Waals surface area (Å²) in [6.07, 6.45) is 0. The predicted molar refractivity (Wildman–Crippen MR) is 62.8 cm³/mol. The molecule has 2 rings (SSSR count). The van der Waals surface area contributed by atoms with E-state index < -0.39 is 17.5 Å². The third-order valence-electron chi connectivity index (χ3n) is 2.41. The zero-order valence-electron chi connectivity index (χ0n) is 9.41. The lowest BCUT2D eigenvalue weighted by Gasteiger charge is -2.06. The molecule has 2 aromatic rings. The molecule has 1 N–H and O–H groups in total. The number of carbonyl (C=O) groups is 1. The fourth-order valence-corrected chi connectivity index (χ4v) is 1.49. The Morgan fingerprint density at radius 3 is 2.61 bits per heavy atom. The Balaban J connectivity index is 2.06. The molecule has 0 heterocycles. The van der Waals surface area contributed by atoms with Gasteiger partial charge in [0.15, 0.2) is 0 Å². The quantitative estimate of drug-likeness (QED) is 0.886. The molecule has 0 saturated heterocycles. The van der Waals surface area contributed by atoms with E-state index in [0.29, 0.717) is 0 Å². The van der Waals surface area contributed by atoms with Crippen molar-refractivity contribution in [3.05, 3.63) is 71.3 Å². The summed E-state index contributed by atoms with van der Waals surface area (Å²) in [5.74, 6) is -2.02. The molecule has 1 amide bonds. The van der Waals surface area contributed by atoms with E-state index in [4.69, 9.17) is 0 Å². The molecule has 4 heteroatoms. The van der Waals surface area contributed by atoms with E-state index in [1.165, 1.54) is 0 Å². The van der Waals surface area contributed by atoms with Crippen molar-refractivity contribution in [2.24, 2.45) is 0 Å².